The number of rotatable bonds is 5. The summed E-state index contributed by atoms with van der Waals surface area (Å²) < 4.78 is 0. The first-order chi connectivity index (χ1) is 10.7. The van der Waals surface area contributed by atoms with Crippen molar-refractivity contribution in [2.75, 3.05) is 11.9 Å². The Hall–Kier alpha value is -1.84. The lowest BCUT2D eigenvalue weighted by atomic mass is 9.87. The maximum Gasteiger partial charge on any atom is 0.313 e. The quantitative estimate of drug-likeness (QED) is 0.820. The van der Waals surface area contributed by atoms with Gasteiger partial charge in [0.15, 0.2) is 0 Å². The second kappa shape index (κ2) is 8.57. The highest BCUT2D eigenvalue weighted by Crippen LogP contribution is 2.25. The van der Waals surface area contributed by atoms with Crippen LogP contribution in [0.15, 0.2) is 24.3 Å². The van der Waals surface area contributed by atoms with Crippen LogP contribution in [0.4, 0.5) is 5.69 Å². The Morgan fingerprint density at radius 2 is 1.73 bits per heavy atom. The maximum atomic E-state index is 11.8. The molecule has 0 heterocycles. The summed E-state index contributed by atoms with van der Waals surface area (Å²) in [7, 11) is 0. The average Bonchev–Trinajstić information content (AvgIpc) is 2.56. The minimum absolute atomic E-state index is 0.546. The first kappa shape index (κ1) is 16.5. The van der Waals surface area contributed by atoms with Crippen molar-refractivity contribution in [1.29, 1.82) is 0 Å². The molecule has 4 nitrogen and oxygen atoms in total. The summed E-state index contributed by atoms with van der Waals surface area (Å²) in [5, 5.41) is 5.35. The third kappa shape index (κ3) is 5.17. The molecule has 22 heavy (non-hydrogen) atoms. The summed E-state index contributed by atoms with van der Waals surface area (Å²) in [4.78, 5) is 23.6. The van der Waals surface area contributed by atoms with E-state index in [-0.39, 0.29) is 0 Å². The Balaban J connectivity index is 1.70. The molecule has 120 valence electrons. The van der Waals surface area contributed by atoms with Gasteiger partial charge in [-0.2, -0.15) is 0 Å². The van der Waals surface area contributed by atoms with Gasteiger partial charge in [0.1, 0.15) is 0 Å². The van der Waals surface area contributed by atoms with Crippen LogP contribution in [0.25, 0.3) is 0 Å². The molecule has 1 aromatic carbocycles. The lowest BCUT2D eigenvalue weighted by Gasteiger charge is -2.21. The zero-order valence-electron chi connectivity index (χ0n) is 13.4. The van der Waals surface area contributed by atoms with E-state index in [4.69, 9.17) is 0 Å². The molecule has 1 fully saturated rings. The van der Waals surface area contributed by atoms with E-state index in [1.54, 1.807) is 0 Å². The molecular formula is C18H26N2O2. The molecule has 1 saturated carbocycles. The lowest BCUT2D eigenvalue weighted by Crippen LogP contribution is -2.36. The van der Waals surface area contributed by atoms with Gasteiger partial charge in [-0.05, 0) is 36.5 Å². The van der Waals surface area contributed by atoms with Gasteiger partial charge in [-0.25, -0.2) is 0 Å². The molecule has 1 aliphatic carbocycles. The molecule has 0 unspecified atom stereocenters. The Morgan fingerprint density at radius 3 is 2.36 bits per heavy atom. The largest absolute Gasteiger partial charge is 0.348 e. The number of carbonyl (C=O) groups excluding carboxylic acids is 2. The molecule has 2 rings (SSSR count). The molecule has 0 atom stereocenters. The van der Waals surface area contributed by atoms with Crippen LogP contribution in [0.5, 0.6) is 0 Å². The summed E-state index contributed by atoms with van der Waals surface area (Å²) in [6.07, 6.45) is 8.37. The third-order valence-corrected chi connectivity index (χ3v) is 4.39. The van der Waals surface area contributed by atoms with Gasteiger partial charge in [0, 0.05) is 12.2 Å². The molecule has 0 bridgehead atoms. The van der Waals surface area contributed by atoms with Crippen LogP contribution in [-0.4, -0.2) is 18.4 Å². The van der Waals surface area contributed by atoms with Gasteiger partial charge >= 0.3 is 11.8 Å². The molecule has 0 radical (unpaired) electrons. The van der Waals surface area contributed by atoms with Crippen molar-refractivity contribution in [3.63, 3.8) is 0 Å². The second-order valence-corrected chi connectivity index (χ2v) is 6.05. The number of hydrogen-bond acceptors (Lipinski definition) is 2. The number of benzene rings is 1. The summed E-state index contributed by atoms with van der Waals surface area (Å²) in [5.41, 5.74) is 1.86. The smallest absolute Gasteiger partial charge is 0.313 e. The predicted molar refractivity (Wildman–Crippen MR) is 88.7 cm³/mol. The number of amides is 2. The van der Waals surface area contributed by atoms with Crippen LogP contribution in [0, 0.1) is 5.92 Å². The minimum Gasteiger partial charge on any atom is -0.348 e. The van der Waals surface area contributed by atoms with Gasteiger partial charge in [-0.1, -0.05) is 51.2 Å². The van der Waals surface area contributed by atoms with Crippen LogP contribution in [-0.2, 0) is 16.0 Å². The van der Waals surface area contributed by atoms with Crippen LogP contribution in [0.2, 0.25) is 0 Å². The highest BCUT2D eigenvalue weighted by atomic mass is 16.2. The highest BCUT2D eigenvalue weighted by Gasteiger charge is 2.16. The summed E-state index contributed by atoms with van der Waals surface area (Å²) in [5.74, 6) is -0.429. The van der Waals surface area contributed by atoms with Gasteiger partial charge in [-0.15, -0.1) is 0 Å². The van der Waals surface area contributed by atoms with E-state index in [2.05, 4.69) is 17.6 Å². The van der Waals surface area contributed by atoms with Crippen molar-refractivity contribution in [2.45, 2.75) is 51.9 Å². The molecule has 1 aliphatic rings. The Kier molecular flexibility index (Phi) is 6.44. The Bertz CT molecular complexity index is 490. The molecule has 2 amide bonds. The van der Waals surface area contributed by atoms with E-state index in [0.717, 1.165) is 12.8 Å². The van der Waals surface area contributed by atoms with Crippen LogP contribution < -0.4 is 10.6 Å². The van der Waals surface area contributed by atoms with Gasteiger partial charge in [0.25, 0.3) is 0 Å². The fourth-order valence-electron chi connectivity index (χ4n) is 2.96. The number of aryl methyl sites for hydroxylation is 1. The maximum absolute atomic E-state index is 11.8. The monoisotopic (exact) mass is 302 g/mol. The van der Waals surface area contributed by atoms with Crippen molar-refractivity contribution in [3.05, 3.63) is 29.8 Å². The highest BCUT2D eigenvalue weighted by molar-refractivity contribution is 6.39. The molecule has 4 heteroatoms. The number of carbonyl (C=O) groups is 2. The van der Waals surface area contributed by atoms with Crippen LogP contribution >= 0.6 is 0 Å². The summed E-state index contributed by atoms with van der Waals surface area (Å²) in [6, 6.07) is 7.56. The average molecular weight is 302 g/mol. The van der Waals surface area contributed by atoms with E-state index < -0.39 is 11.8 Å². The zero-order chi connectivity index (χ0) is 15.8. The predicted octanol–water partition coefficient (Wildman–Crippen LogP) is 3.27. The second-order valence-electron chi connectivity index (χ2n) is 6.05. The van der Waals surface area contributed by atoms with E-state index >= 15 is 0 Å². The first-order valence-corrected chi connectivity index (χ1v) is 8.37. The van der Waals surface area contributed by atoms with Crippen molar-refractivity contribution in [1.82, 2.24) is 5.32 Å². The summed E-state index contributed by atoms with van der Waals surface area (Å²) >= 11 is 0. The number of anilines is 1. The van der Waals surface area contributed by atoms with Gasteiger partial charge in [-0.3, -0.25) is 9.59 Å². The minimum atomic E-state index is -0.590. The normalized spacial score (nSPS) is 15.3. The third-order valence-electron chi connectivity index (χ3n) is 4.39. The van der Waals surface area contributed by atoms with Crippen molar-refractivity contribution in [3.8, 4) is 0 Å². The van der Waals surface area contributed by atoms with Gasteiger partial charge in [0.2, 0.25) is 0 Å². The van der Waals surface area contributed by atoms with E-state index in [9.17, 15) is 9.59 Å². The van der Waals surface area contributed by atoms with Crippen molar-refractivity contribution in [2.24, 2.45) is 5.92 Å². The SMILES string of the molecule is CCc1ccc(NC(=O)C(=O)NCCC2CCCCC2)cc1. The fraction of sp³-hybridized carbons (Fsp3) is 0.556. The van der Waals surface area contributed by atoms with Crippen molar-refractivity contribution < 1.29 is 9.59 Å². The number of nitrogens with one attached hydrogen (secondary N) is 2. The van der Waals surface area contributed by atoms with Gasteiger partial charge in [0.05, 0.1) is 0 Å². The molecule has 0 aromatic heterocycles. The lowest BCUT2D eigenvalue weighted by molar-refractivity contribution is -0.136. The molecule has 0 aliphatic heterocycles. The molecule has 2 N–H and O–H groups in total. The van der Waals surface area contributed by atoms with E-state index in [1.807, 2.05) is 24.3 Å². The first-order valence-electron chi connectivity index (χ1n) is 8.37. The zero-order valence-corrected chi connectivity index (χ0v) is 13.4. The van der Waals surface area contributed by atoms with E-state index in [1.165, 1.54) is 37.7 Å². The Morgan fingerprint density at radius 1 is 1.05 bits per heavy atom. The van der Waals surface area contributed by atoms with Gasteiger partial charge < -0.3 is 10.6 Å². The standard InChI is InChI=1S/C18H26N2O2/c1-2-14-8-10-16(11-9-14)20-18(22)17(21)19-13-12-15-6-4-3-5-7-15/h8-11,15H,2-7,12-13H2,1H3,(H,19,21)(H,20,22). The number of hydrogen-bond donors (Lipinski definition) is 2. The van der Waals surface area contributed by atoms with Crippen molar-refractivity contribution >= 4 is 17.5 Å². The topological polar surface area (TPSA) is 58.2 Å². The molecule has 0 spiro atoms. The molecular weight excluding hydrogens is 276 g/mol. The summed E-state index contributed by atoms with van der Waals surface area (Å²) in [6.45, 7) is 2.67. The van der Waals surface area contributed by atoms with E-state index in [0.29, 0.717) is 18.2 Å². The Labute approximate surface area is 132 Å². The fourth-order valence-corrected chi connectivity index (χ4v) is 2.96. The van der Waals surface area contributed by atoms with Crippen LogP contribution in [0.1, 0.15) is 51.0 Å². The molecule has 1 aromatic rings. The van der Waals surface area contributed by atoms with Crippen LogP contribution in [0.3, 0.4) is 0 Å². The molecule has 0 saturated heterocycles.